The number of aryl methyl sites for hydroxylation is 1. The molecular weight excluding hydrogens is 397 g/mol. The number of hydrogen-bond acceptors (Lipinski definition) is 4. The van der Waals surface area contributed by atoms with Crippen LogP contribution in [-0.4, -0.2) is 38.6 Å². The van der Waals surface area contributed by atoms with Crippen molar-refractivity contribution in [3.05, 3.63) is 59.7 Å². The molecule has 1 amide bonds. The number of amides is 1. The van der Waals surface area contributed by atoms with Crippen LogP contribution in [0.1, 0.15) is 11.1 Å². The molecule has 0 aliphatic rings. The number of sulfonamides is 1. The summed E-state index contributed by atoms with van der Waals surface area (Å²) in [6, 6.07) is 11.2. The van der Waals surface area contributed by atoms with Crippen molar-refractivity contribution in [2.24, 2.45) is 0 Å². The highest BCUT2D eigenvalue weighted by Crippen LogP contribution is 2.22. The second kappa shape index (κ2) is 8.61. The highest BCUT2D eigenvalue weighted by Gasteiger charge is 2.31. The summed E-state index contributed by atoms with van der Waals surface area (Å²) in [5.74, 6) is -0.916. The van der Waals surface area contributed by atoms with E-state index in [0.29, 0.717) is 5.56 Å². The molecule has 28 heavy (non-hydrogen) atoms. The first-order chi connectivity index (χ1) is 13.0. The van der Waals surface area contributed by atoms with Gasteiger partial charge >= 0.3 is 6.36 Å². The zero-order valence-corrected chi connectivity index (χ0v) is 16.0. The van der Waals surface area contributed by atoms with Crippen molar-refractivity contribution in [3.8, 4) is 5.75 Å². The Kier molecular flexibility index (Phi) is 6.68. The van der Waals surface area contributed by atoms with Crippen molar-refractivity contribution in [3.63, 3.8) is 0 Å². The lowest BCUT2D eigenvalue weighted by atomic mass is 10.2. The van der Waals surface area contributed by atoms with Gasteiger partial charge in [0.05, 0.1) is 11.4 Å². The van der Waals surface area contributed by atoms with Gasteiger partial charge in [0.2, 0.25) is 15.9 Å². The van der Waals surface area contributed by atoms with Gasteiger partial charge in [-0.15, -0.1) is 13.2 Å². The smallest absolute Gasteiger partial charge is 0.406 e. The van der Waals surface area contributed by atoms with Crippen LogP contribution in [-0.2, 0) is 21.4 Å². The molecule has 0 aromatic heterocycles. The number of nitrogens with one attached hydrogen (secondary N) is 1. The van der Waals surface area contributed by atoms with E-state index in [0.717, 1.165) is 22.0 Å². The minimum atomic E-state index is -4.77. The average molecular weight is 416 g/mol. The second-order valence-electron chi connectivity index (χ2n) is 6.04. The van der Waals surface area contributed by atoms with Gasteiger partial charge in [-0.2, -0.15) is 4.31 Å². The molecule has 0 aliphatic heterocycles. The number of alkyl halides is 3. The quantitative estimate of drug-likeness (QED) is 0.753. The van der Waals surface area contributed by atoms with Gasteiger partial charge in [0.15, 0.2) is 0 Å². The molecule has 0 spiro atoms. The van der Waals surface area contributed by atoms with E-state index in [4.69, 9.17) is 0 Å². The van der Waals surface area contributed by atoms with Crippen LogP contribution in [0, 0.1) is 6.92 Å². The first-order valence-electron chi connectivity index (χ1n) is 8.12. The summed E-state index contributed by atoms with van der Waals surface area (Å²) >= 11 is 0. The van der Waals surface area contributed by atoms with E-state index in [1.165, 1.54) is 31.3 Å². The first-order valence-corrected chi connectivity index (χ1v) is 9.56. The van der Waals surface area contributed by atoms with Crippen molar-refractivity contribution < 1.29 is 31.1 Å². The van der Waals surface area contributed by atoms with Gasteiger partial charge in [0.1, 0.15) is 5.75 Å². The highest BCUT2D eigenvalue weighted by atomic mass is 32.2. The summed E-state index contributed by atoms with van der Waals surface area (Å²) < 4.78 is 65.9. The van der Waals surface area contributed by atoms with Crippen LogP contribution in [0.3, 0.4) is 0 Å². The molecule has 0 atom stereocenters. The largest absolute Gasteiger partial charge is 0.573 e. The summed E-state index contributed by atoms with van der Waals surface area (Å²) in [6.45, 7) is 1.46. The lowest BCUT2D eigenvalue weighted by molar-refractivity contribution is -0.274. The standard InChI is InChI=1S/C18H19F3N2O4S/c1-13-3-9-16(10-4-13)28(25,26)23(2)12-17(24)22-11-14-5-7-15(8-6-14)27-18(19,20)21/h3-10H,11-12H2,1-2H3,(H,22,24). The molecule has 0 saturated carbocycles. The van der Waals surface area contributed by atoms with E-state index in [-0.39, 0.29) is 17.2 Å². The Morgan fingerprint density at radius 2 is 1.64 bits per heavy atom. The molecule has 0 aliphatic carbocycles. The molecule has 0 radical (unpaired) electrons. The van der Waals surface area contributed by atoms with Gasteiger partial charge in [-0.25, -0.2) is 8.42 Å². The molecule has 2 rings (SSSR count). The SMILES string of the molecule is Cc1ccc(S(=O)(=O)N(C)CC(=O)NCc2ccc(OC(F)(F)F)cc2)cc1. The Morgan fingerprint density at radius 3 is 2.18 bits per heavy atom. The van der Waals surface area contributed by atoms with Crippen LogP contribution in [0.25, 0.3) is 0 Å². The third-order valence-corrected chi connectivity index (χ3v) is 5.56. The zero-order valence-electron chi connectivity index (χ0n) is 15.2. The third-order valence-electron chi connectivity index (χ3n) is 3.74. The van der Waals surface area contributed by atoms with Gasteiger partial charge in [-0.05, 0) is 36.8 Å². The van der Waals surface area contributed by atoms with Crippen molar-refractivity contribution in [1.82, 2.24) is 9.62 Å². The Morgan fingerprint density at radius 1 is 1.07 bits per heavy atom. The molecule has 0 heterocycles. The summed E-state index contributed by atoms with van der Waals surface area (Å²) in [6.07, 6.45) is -4.77. The lowest BCUT2D eigenvalue weighted by Gasteiger charge is -2.17. The topological polar surface area (TPSA) is 75.7 Å². The van der Waals surface area contributed by atoms with Crippen LogP contribution in [0.5, 0.6) is 5.75 Å². The van der Waals surface area contributed by atoms with Crippen LogP contribution in [0.2, 0.25) is 0 Å². The molecule has 1 N–H and O–H groups in total. The zero-order chi connectivity index (χ0) is 20.9. The minimum Gasteiger partial charge on any atom is -0.406 e. The van der Waals surface area contributed by atoms with Crippen molar-refractivity contribution in [2.45, 2.75) is 24.7 Å². The number of ether oxygens (including phenoxy) is 1. The molecule has 152 valence electrons. The third kappa shape index (κ3) is 6.24. The molecule has 6 nitrogen and oxygen atoms in total. The maximum atomic E-state index is 12.4. The number of hydrogen-bond donors (Lipinski definition) is 1. The Hall–Kier alpha value is -2.59. The van der Waals surface area contributed by atoms with E-state index in [1.54, 1.807) is 12.1 Å². The van der Waals surface area contributed by atoms with Crippen molar-refractivity contribution in [1.29, 1.82) is 0 Å². The molecule has 0 bridgehead atoms. The fraction of sp³-hybridized carbons (Fsp3) is 0.278. The average Bonchev–Trinajstić information content (AvgIpc) is 2.60. The molecule has 0 saturated heterocycles. The monoisotopic (exact) mass is 416 g/mol. The van der Waals surface area contributed by atoms with Gasteiger partial charge in [-0.1, -0.05) is 29.8 Å². The predicted octanol–water partition coefficient (Wildman–Crippen LogP) is 2.83. The molecule has 10 heteroatoms. The van der Waals surface area contributed by atoms with Crippen molar-refractivity contribution in [2.75, 3.05) is 13.6 Å². The Labute approximate surface area is 161 Å². The number of benzene rings is 2. The number of halogens is 3. The van der Waals surface area contributed by atoms with Crippen LogP contribution < -0.4 is 10.1 Å². The summed E-state index contributed by atoms with van der Waals surface area (Å²) in [5.41, 5.74) is 1.44. The maximum Gasteiger partial charge on any atom is 0.573 e. The van der Waals surface area contributed by atoms with Gasteiger partial charge in [0, 0.05) is 13.6 Å². The summed E-state index contributed by atoms with van der Waals surface area (Å²) in [5, 5.41) is 2.52. The van der Waals surface area contributed by atoms with Gasteiger partial charge in [-0.3, -0.25) is 4.79 Å². The fourth-order valence-corrected chi connectivity index (χ4v) is 3.37. The van der Waals surface area contributed by atoms with E-state index in [1.807, 2.05) is 6.92 Å². The van der Waals surface area contributed by atoms with E-state index >= 15 is 0 Å². The number of nitrogens with zero attached hydrogens (tertiary/aromatic N) is 1. The molecular formula is C18H19F3N2O4S. The van der Waals surface area contributed by atoms with Crippen LogP contribution in [0.15, 0.2) is 53.4 Å². The molecule has 2 aromatic rings. The predicted molar refractivity (Wildman–Crippen MR) is 96.0 cm³/mol. The number of carbonyl (C=O) groups is 1. The number of rotatable bonds is 7. The Balaban J connectivity index is 1.90. The highest BCUT2D eigenvalue weighted by molar-refractivity contribution is 7.89. The van der Waals surface area contributed by atoms with E-state index < -0.39 is 28.8 Å². The molecule has 2 aromatic carbocycles. The van der Waals surface area contributed by atoms with Crippen LogP contribution in [0.4, 0.5) is 13.2 Å². The number of likely N-dealkylation sites (N-methyl/N-ethyl adjacent to an activating group) is 1. The Bertz CT molecular complexity index is 911. The normalized spacial score (nSPS) is 12.1. The van der Waals surface area contributed by atoms with E-state index in [9.17, 15) is 26.4 Å². The lowest BCUT2D eigenvalue weighted by Crippen LogP contribution is -2.38. The number of carbonyl (C=O) groups excluding carboxylic acids is 1. The fourth-order valence-electron chi connectivity index (χ4n) is 2.24. The molecule has 0 unspecified atom stereocenters. The van der Waals surface area contributed by atoms with Gasteiger partial charge < -0.3 is 10.1 Å². The summed E-state index contributed by atoms with van der Waals surface area (Å²) in [4.78, 5) is 12.1. The van der Waals surface area contributed by atoms with E-state index in [2.05, 4.69) is 10.1 Å². The van der Waals surface area contributed by atoms with Crippen LogP contribution >= 0.6 is 0 Å². The molecule has 0 fully saturated rings. The second-order valence-corrected chi connectivity index (χ2v) is 8.09. The van der Waals surface area contributed by atoms with Crippen molar-refractivity contribution >= 4 is 15.9 Å². The van der Waals surface area contributed by atoms with Gasteiger partial charge in [0.25, 0.3) is 0 Å². The first kappa shape index (κ1) is 21.7. The maximum absolute atomic E-state index is 12.4. The summed E-state index contributed by atoms with van der Waals surface area (Å²) in [7, 11) is -2.52. The minimum absolute atomic E-state index is 0.0313.